The van der Waals surface area contributed by atoms with Gasteiger partial charge in [-0.25, -0.2) is 0 Å². The Hall–Kier alpha value is -1.22. The molecule has 1 saturated heterocycles. The highest BCUT2D eigenvalue weighted by Crippen LogP contribution is 2.19. The summed E-state index contributed by atoms with van der Waals surface area (Å²) in [7, 11) is 4.08. The Morgan fingerprint density at radius 1 is 1.27 bits per heavy atom. The molecule has 1 aromatic rings. The van der Waals surface area contributed by atoms with E-state index in [1.807, 2.05) is 26.2 Å². The van der Waals surface area contributed by atoms with Gasteiger partial charge in [0.05, 0.1) is 0 Å². The quantitative estimate of drug-likeness (QED) is 0.811. The third kappa shape index (κ3) is 2.63. The van der Waals surface area contributed by atoms with Gasteiger partial charge in [-0.3, -0.25) is 0 Å². The molecule has 1 aromatic carbocycles. The zero-order valence-corrected chi connectivity index (χ0v) is 9.36. The van der Waals surface area contributed by atoms with Gasteiger partial charge in [0, 0.05) is 26.3 Å². The maximum absolute atomic E-state index is 5.83. The molecule has 1 fully saturated rings. The maximum atomic E-state index is 5.83. The van der Waals surface area contributed by atoms with E-state index in [-0.39, 0.29) is 0 Å². The molecule has 0 spiro atoms. The topological polar surface area (TPSA) is 24.5 Å². The smallest absolute Gasteiger partial charge is 0.119 e. The minimum atomic E-state index is 0.343. The van der Waals surface area contributed by atoms with E-state index in [1.165, 1.54) is 5.69 Å². The summed E-state index contributed by atoms with van der Waals surface area (Å²) in [4.78, 5) is 2.08. The molecular weight excluding hydrogens is 188 g/mol. The van der Waals surface area contributed by atoms with E-state index < -0.39 is 0 Å². The van der Waals surface area contributed by atoms with Gasteiger partial charge in [0.15, 0.2) is 0 Å². The predicted octanol–water partition coefficient (Wildman–Crippen LogP) is 1.49. The maximum Gasteiger partial charge on any atom is 0.119 e. The Kier molecular flexibility index (Phi) is 3.11. The van der Waals surface area contributed by atoms with Crippen molar-refractivity contribution in [2.75, 3.05) is 32.1 Å². The zero-order chi connectivity index (χ0) is 10.7. The fourth-order valence-corrected chi connectivity index (χ4v) is 1.74. The van der Waals surface area contributed by atoms with Gasteiger partial charge in [0.25, 0.3) is 0 Å². The molecule has 2 rings (SSSR count). The van der Waals surface area contributed by atoms with Gasteiger partial charge >= 0.3 is 0 Å². The molecule has 1 heterocycles. The summed E-state index contributed by atoms with van der Waals surface area (Å²) in [6.07, 6.45) is 1.45. The molecule has 3 nitrogen and oxygen atoms in total. The van der Waals surface area contributed by atoms with Crippen LogP contribution in [0.4, 0.5) is 5.69 Å². The molecule has 1 aliphatic heterocycles. The monoisotopic (exact) mass is 206 g/mol. The second-order valence-electron chi connectivity index (χ2n) is 4.12. The Bertz CT molecular complexity index is 302. The van der Waals surface area contributed by atoms with Gasteiger partial charge in [-0.2, -0.15) is 0 Å². The minimum Gasteiger partial charge on any atom is -0.489 e. The van der Waals surface area contributed by atoms with Crippen LogP contribution >= 0.6 is 0 Å². The van der Waals surface area contributed by atoms with Crippen molar-refractivity contribution in [3.63, 3.8) is 0 Å². The van der Waals surface area contributed by atoms with Crippen LogP contribution in [0, 0.1) is 0 Å². The van der Waals surface area contributed by atoms with Crippen molar-refractivity contribution in [3.05, 3.63) is 24.3 Å². The number of nitrogens with one attached hydrogen (secondary N) is 1. The van der Waals surface area contributed by atoms with Gasteiger partial charge in [0.2, 0.25) is 0 Å². The third-order valence-corrected chi connectivity index (χ3v) is 2.67. The van der Waals surface area contributed by atoms with Crippen LogP contribution in [0.5, 0.6) is 5.75 Å². The summed E-state index contributed by atoms with van der Waals surface area (Å²) >= 11 is 0. The van der Waals surface area contributed by atoms with E-state index in [4.69, 9.17) is 4.74 Å². The summed E-state index contributed by atoms with van der Waals surface area (Å²) in [5.41, 5.74) is 1.20. The summed E-state index contributed by atoms with van der Waals surface area (Å²) in [6, 6.07) is 8.23. The summed E-state index contributed by atoms with van der Waals surface area (Å²) in [5, 5.41) is 3.29. The lowest BCUT2D eigenvalue weighted by molar-refractivity contribution is 0.223. The fourth-order valence-electron chi connectivity index (χ4n) is 1.74. The lowest BCUT2D eigenvalue weighted by Crippen LogP contribution is -2.19. The minimum absolute atomic E-state index is 0.343. The first-order valence-corrected chi connectivity index (χ1v) is 5.40. The third-order valence-electron chi connectivity index (χ3n) is 2.67. The Labute approximate surface area is 91.0 Å². The first-order valence-electron chi connectivity index (χ1n) is 5.40. The average Bonchev–Trinajstić information content (AvgIpc) is 2.71. The van der Waals surface area contributed by atoms with Crippen LogP contribution in [-0.4, -0.2) is 33.3 Å². The van der Waals surface area contributed by atoms with Crippen molar-refractivity contribution in [2.45, 2.75) is 12.5 Å². The van der Waals surface area contributed by atoms with Crippen LogP contribution < -0.4 is 15.0 Å². The van der Waals surface area contributed by atoms with Gasteiger partial charge in [-0.05, 0) is 37.2 Å². The average molecular weight is 206 g/mol. The summed E-state index contributed by atoms with van der Waals surface area (Å²) in [5.74, 6) is 0.967. The van der Waals surface area contributed by atoms with Gasteiger partial charge < -0.3 is 15.0 Å². The van der Waals surface area contributed by atoms with E-state index >= 15 is 0 Å². The molecule has 1 aliphatic rings. The molecule has 1 N–H and O–H groups in total. The van der Waals surface area contributed by atoms with E-state index in [1.54, 1.807) is 0 Å². The lowest BCUT2D eigenvalue weighted by atomic mass is 10.2. The molecule has 3 heteroatoms. The van der Waals surface area contributed by atoms with Crippen LogP contribution in [0.15, 0.2) is 24.3 Å². The Morgan fingerprint density at radius 2 is 2.00 bits per heavy atom. The number of hydrogen-bond donors (Lipinski definition) is 1. The summed E-state index contributed by atoms with van der Waals surface area (Å²) in [6.45, 7) is 2.04. The first-order chi connectivity index (χ1) is 7.25. The molecular formula is C12H18N2O. The van der Waals surface area contributed by atoms with E-state index in [9.17, 15) is 0 Å². The second kappa shape index (κ2) is 4.53. The van der Waals surface area contributed by atoms with Gasteiger partial charge in [-0.15, -0.1) is 0 Å². The highest BCUT2D eigenvalue weighted by Gasteiger charge is 2.15. The van der Waals surface area contributed by atoms with E-state index in [0.29, 0.717) is 6.10 Å². The van der Waals surface area contributed by atoms with Crippen LogP contribution in [0.2, 0.25) is 0 Å². The van der Waals surface area contributed by atoms with Crippen molar-refractivity contribution >= 4 is 5.69 Å². The van der Waals surface area contributed by atoms with Crippen molar-refractivity contribution in [1.29, 1.82) is 0 Å². The van der Waals surface area contributed by atoms with Gasteiger partial charge in [0.1, 0.15) is 11.9 Å². The van der Waals surface area contributed by atoms with Crippen LogP contribution in [-0.2, 0) is 0 Å². The SMILES string of the molecule is CN(C)c1ccc(OC2CCNC2)cc1. The number of rotatable bonds is 3. The van der Waals surface area contributed by atoms with Crippen LogP contribution in [0.25, 0.3) is 0 Å². The van der Waals surface area contributed by atoms with Crippen LogP contribution in [0.1, 0.15) is 6.42 Å². The zero-order valence-electron chi connectivity index (χ0n) is 9.36. The predicted molar refractivity (Wildman–Crippen MR) is 62.7 cm³/mol. The van der Waals surface area contributed by atoms with Crippen molar-refractivity contribution in [2.24, 2.45) is 0 Å². The fraction of sp³-hybridized carbons (Fsp3) is 0.500. The van der Waals surface area contributed by atoms with Crippen LogP contribution in [0.3, 0.4) is 0 Å². The largest absolute Gasteiger partial charge is 0.489 e. The number of ether oxygens (including phenoxy) is 1. The van der Waals surface area contributed by atoms with Crippen molar-refractivity contribution in [1.82, 2.24) is 5.32 Å². The normalized spacial score (nSPS) is 20.3. The van der Waals surface area contributed by atoms with E-state index in [2.05, 4.69) is 22.3 Å². The molecule has 0 aromatic heterocycles. The Balaban J connectivity index is 1.97. The number of benzene rings is 1. The highest BCUT2D eigenvalue weighted by molar-refractivity contribution is 5.47. The molecule has 1 unspecified atom stereocenters. The molecule has 0 aliphatic carbocycles. The van der Waals surface area contributed by atoms with Crippen molar-refractivity contribution in [3.8, 4) is 5.75 Å². The van der Waals surface area contributed by atoms with Crippen molar-refractivity contribution < 1.29 is 4.74 Å². The lowest BCUT2D eigenvalue weighted by Gasteiger charge is -2.15. The molecule has 82 valence electrons. The molecule has 0 bridgehead atoms. The first kappa shape index (κ1) is 10.3. The van der Waals surface area contributed by atoms with E-state index in [0.717, 1.165) is 25.3 Å². The summed E-state index contributed by atoms with van der Waals surface area (Å²) < 4.78 is 5.83. The van der Waals surface area contributed by atoms with Gasteiger partial charge in [-0.1, -0.05) is 0 Å². The number of anilines is 1. The number of hydrogen-bond acceptors (Lipinski definition) is 3. The second-order valence-corrected chi connectivity index (χ2v) is 4.12. The molecule has 0 radical (unpaired) electrons. The Morgan fingerprint density at radius 3 is 2.53 bits per heavy atom. The molecule has 0 amide bonds. The standard InChI is InChI=1S/C12H18N2O/c1-14(2)10-3-5-11(6-4-10)15-12-7-8-13-9-12/h3-6,12-13H,7-9H2,1-2H3. The number of nitrogens with zero attached hydrogens (tertiary/aromatic N) is 1. The highest BCUT2D eigenvalue weighted by atomic mass is 16.5. The molecule has 15 heavy (non-hydrogen) atoms. The molecule has 1 atom stereocenters. The molecule has 0 saturated carbocycles.